The second-order valence-electron chi connectivity index (χ2n) is 6.35. The van der Waals surface area contributed by atoms with Gasteiger partial charge in [0.1, 0.15) is 0 Å². The molecule has 1 fully saturated rings. The van der Waals surface area contributed by atoms with Crippen LogP contribution >= 0.6 is 24.0 Å². The molecule has 1 aromatic carbocycles. The van der Waals surface area contributed by atoms with Crippen LogP contribution in [0.25, 0.3) is 5.69 Å². The smallest absolute Gasteiger partial charge is 0.222 e. The zero-order chi connectivity index (χ0) is 18.4. The first-order chi connectivity index (χ1) is 12.7. The van der Waals surface area contributed by atoms with E-state index < -0.39 is 0 Å². The molecular formula is C19H27IN6O. The molecule has 1 atom stereocenters. The molecule has 0 aliphatic carbocycles. The molecule has 146 valence electrons. The van der Waals surface area contributed by atoms with Crippen molar-refractivity contribution >= 4 is 35.8 Å². The Balaban J connectivity index is 0.00000261. The Morgan fingerprint density at radius 2 is 2.19 bits per heavy atom. The Morgan fingerprint density at radius 3 is 2.89 bits per heavy atom. The number of carbonyl (C=O) groups is 1. The minimum atomic E-state index is 0. The highest BCUT2D eigenvalue weighted by Crippen LogP contribution is 2.14. The number of para-hydroxylation sites is 1. The van der Waals surface area contributed by atoms with Gasteiger partial charge in [-0.1, -0.05) is 25.1 Å². The fourth-order valence-corrected chi connectivity index (χ4v) is 3.21. The molecule has 1 unspecified atom stereocenters. The van der Waals surface area contributed by atoms with Crippen LogP contribution in [0.2, 0.25) is 0 Å². The van der Waals surface area contributed by atoms with Crippen molar-refractivity contribution in [2.45, 2.75) is 32.4 Å². The lowest BCUT2D eigenvalue weighted by Crippen LogP contribution is -2.44. The number of rotatable bonds is 5. The van der Waals surface area contributed by atoms with Crippen LogP contribution in [0.15, 0.2) is 48.0 Å². The van der Waals surface area contributed by atoms with Gasteiger partial charge in [-0.15, -0.1) is 24.0 Å². The van der Waals surface area contributed by atoms with E-state index in [1.807, 2.05) is 34.7 Å². The number of aromatic nitrogens is 2. The van der Waals surface area contributed by atoms with Crippen LogP contribution in [-0.2, 0) is 11.3 Å². The molecule has 2 aromatic rings. The number of nitrogens with one attached hydrogen (secondary N) is 2. The average Bonchev–Trinajstić information content (AvgIpc) is 3.36. The van der Waals surface area contributed by atoms with Gasteiger partial charge in [-0.05, 0) is 18.1 Å². The number of hydrogen-bond acceptors (Lipinski definition) is 3. The molecule has 1 aliphatic rings. The zero-order valence-electron chi connectivity index (χ0n) is 15.8. The van der Waals surface area contributed by atoms with Crippen molar-refractivity contribution in [3.8, 4) is 5.69 Å². The molecule has 2 N–H and O–H groups in total. The number of hydrogen-bond donors (Lipinski definition) is 2. The van der Waals surface area contributed by atoms with Crippen LogP contribution in [0.5, 0.6) is 0 Å². The quantitative estimate of drug-likeness (QED) is 0.389. The van der Waals surface area contributed by atoms with Crippen LogP contribution < -0.4 is 10.6 Å². The van der Waals surface area contributed by atoms with Gasteiger partial charge in [-0.2, -0.15) is 0 Å². The number of aliphatic imine (C=N–C) groups is 1. The van der Waals surface area contributed by atoms with E-state index in [1.54, 1.807) is 19.6 Å². The fourth-order valence-electron chi connectivity index (χ4n) is 3.21. The third kappa shape index (κ3) is 5.44. The number of halogens is 1. The van der Waals surface area contributed by atoms with Gasteiger partial charge < -0.3 is 20.1 Å². The van der Waals surface area contributed by atoms with Crippen molar-refractivity contribution < 1.29 is 4.79 Å². The van der Waals surface area contributed by atoms with Gasteiger partial charge in [0.2, 0.25) is 5.91 Å². The summed E-state index contributed by atoms with van der Waals surface area (Å²) in [4.78, 5) is 22.2. The van der Waals surface area contributed by atoms with Gasteiger partial charge in [-0.3, -0.25) is 9.79 Å². The molecule has 0 saturated carbocycles. The molecule has 1 aliphatic heterocycles. The van der Waals surface area contributed by atoms with Crippen molar-refractivity contribution in [2.75, 3.05) is 20.1 Å². The molecule has 1 amide bonds. The van der Waals surface area contributed by atoms with Crippen LogP contribution in [0, 0.1) is 0 Å². The van der Waals surface area contributed by atoms with E-state index in [-0.39, 0.29) is 35.9 Å². The van der Waals surface area contributed by atoms with Gasteiger partial charge in [0.25, 0.3) is 0 Å². The number of amides is 1. The zero-order valence-corrected chi connectivity index (χ0v) is 18.1. The summed E-state index contributed by atoms with van der Waals surface area (Å²) in [5.41, 5.74) is 2.25. The molecule has 27 heavy (non-hydrogen) atoms. The number of guanidine groups is 1. The normalized spacial score (nSPS) is 16.7. The summed E-state index contributed by atoms with van der Waals surface area (Å²) in [6.45, 7) is 4.10. The van der Waals surface area contributed by atoms with Crippen molar-refractivity contribution in [3.63, 3.8) is 0 Å². The van der Waals surface area contributed by atoms with Crippen LogP contribution in [-0.4, -0.2) is 52.5 Å². The standard InChI is InChI=1S/C19H26N6O.HI/c1-3-18(26)24-10-8-16(13-24)23-19(20-2)22-12-15-6-4-5-7-17(15)25-11-9-21-14-25;/h4-7,9,11,14,16H,3,8,10,12-13H2,1-2H3,(H2,20,22,23);1H. The van der Waals surface area contributed by atoms with Crippen LogP contribution in [0.3, 0.4) is 0 Å². The Hall–Kier alpha value is -2.10. The fraction of sp³-hybridized carbons (Fsp3) is 0.421. The van der Waals surface area contributed by atoms with Crippen LogP contribution in [0.4, 0.5) is 0 Å². The molecule has 3 rings (SSSR count). The first-order valence-electron chi connectivity index (χ1n) is 9.02. The van der Waals surface area contributed by atoms with Gasteiger partial charge in [0.15, 0.2) is 5.96 Å². The molecular weight excluding hydrogens is 455 g/mol. The third-order valence-corrected chi connectivity index (χ3v) is 4.63. The van der Waals surface area contributed by atoms with E-state index >= 15 is 0 Å². The lowest BCUT2D eigenvalue weighted by Gasteiger charge is -2.19. The number of likely N-dealkylation sites (tertiary alicyclic amines) is 1. The first-order valence-corrected chi connectivity index (χ1v) is 9.02. The van der Waals surface area contributed by atoms with Crippen molar-refractivity contribution in [2.24, 2.45) is 4.99 Å². The largest absolute Gasteiger partial charge is 0.352 e. The minimum absolute atomic E-state index is 0. The van der Waals surface area contributed by atoms with Crippen molar-refractivity contribution in [1.82, 2.24) is 25.1 Å². The maximum absolute atomic E-state index is 11.8. The molecule has 1 aromatic heterocycles. The van der Waals surface area contributed by atoms with E-state index in [2.05, 4.69) is 32.7 Å². The SMILES string of the molecule is CCC(=O)N1CCC(NC(=NC)NCc2ccccc2-n2ccnc2)C1.I. The molecule has 0 spiro atoms. The number of benzene rings is 1. The van der Waals surface area contributed by atoms with Gasteiger partial charge in [0.05, 0.1) is 12.0 Å². The molecule has 2 heterocycles. The van der Waals surface area contributed by atoms with Gasteiger partial charge >= 0.3 is 0 Å². The summed E-state index contributed by atoms with van der Waals surface area (Å²) >= 11 is 0. The van der Waals surface area contributed by atoms with E-state index in [1.165, 1.54) is 0 Å². The summed E-state index contributed by atoms with van der Waals surface area (Å²) in [5, 5.41) is 6.80. The second kappa shape index (κ2) is 10.3. The van der Waals surface area contributed by atoms with Crippen LogP contribution in [0.1, 0.15) is 25.3 Å². The topological polar surface area (TPSA) is 74.6 Å². The van der Waals surface area contributed by atoms with E-state index in [0.29, 0.717) is 13.0 Å². The predicted molar refractivity (Wildman–Crippen MR) is 118 cm³/mol. The van der Waals surface area contributed by atoms with E-state index in [4.69, 9.17) is 0 Å². The third-order valence-electron chi connectivity index (χ3n) is 4.63. The summed E-state index contributed by atoms with van der Waals surface area (Å²) < 4.78 is 2.00. The van der Waals surface area contributed by atoms with Crippen molar-refractivity contribution in [3.05, 3.63) is 48.5 Å². The van der Waals surface area contributed by atoms with Gasteiger partial charge in [0, 0.05) is 51.5 Å². The summed E-state index contributed by atoms with van der Waals surface area (Å²) in [7, 11) is 1.76. The monoisotopic (exact) mass is 482 g/mol. The molecule has 1 saturated heterocycles. The Kier molecular flexibility index (Phi) is 8.08. The first kappa shape index (κ1) is 21.2. The lowest BCUT2D eigenvalue weighted by atomic mass is 10.1. The summed E-state index contributed by atoms with van der Waals surface area (Å²) in [6, 6.07) is 8.44. The highest BCUT2D eigenvalue weighted by Gasteiger charge is 2.25. The molecule has 0 radical (unpaired) electrons. The maximum Gasteiger partial charge on any atom is 0.222 e. The number of carbonyl (C=O) groups excluding carboxylic acids is 1. The Morgan fingerprint density at radius 1 is 1.37 bits per heavy atom. The molecule has 0 bridgehead atoms. The highest BCUT2D eigenvalue weighted by atomic mass is 127. The number of nitrogens with zero attached hydrogens (tertiary/aromatic N) is 4. The Labute approximate surface area is 177 Å². The predicted octanol–water partition coefficient (Wildman–Crippen LogP) is 2.17. The maximum atomic E-state index is 11.8. The van der Waals surface area contributed by atoms with E-state index in [0.717, 1.165) is 36.7 Å². The Bertz CT molecular complexity index is 761. The highest BCUT2D eigenvalue weighted by molar-refractivity contribution is 14.0. The number of imidazole rings is 1. The van der Waals surface area contributed by atoms with Crippen molar-refractivity contribution in [1.29, 1.82) is 0 Å². The molecule has 7 nitrogen and oxygen atoms in total. The summed E-state index contributed by atoms with van der Waals surface area (Å²) in [5.74, 6) is 0.965. The minimum Gasteiger partial charge on any atom is -0.352 e. The lowest BCUT2D eigenvalue weighted by molar-refractivity contribution is -0.129. The van der Waals surface area contributed by atoms with E-state index in [9.17, 15) is 4.79 Å². The summed E-state index contributed by atoms with van der Waals surface area (Å²) in [6.07, 6.45) is 7.00. The average molecular weight is 482 g/mol. The molecule has 8 heteroatoms. The second-order valence-corrected chi connectivity index (χ2v) is 6.35. The van der Waals surface area contributed by atoms with Gasteiger partial charge in [-0.25, -0.2) is 4.98 Å².